The molecule has 2 N–H and O–H groups in total. The van der Waals surface area contributed by atoms with E-state index >= 15 is 0 Å². The highest BCUT2D eigenvalue weighted by molar-refractivity contribution is 5.40. The van der Waals surface area contributed by atoms with Crippen molar-refractivity contribution >= 4 is 0 Å². The molecular weight excluding hydrogens is 214 g/mol. The third-order valence-electron chi connectivity index (χ3n) is 3.66. The number of fused-ring (bicyclic) bond motifs is 1. The standard InChI is InChI=1S/C14H19NO2/c15-14-6-3-10-8-11(4-5-13(10)14)17-12-2-1-7-16-9-12/h4-5,8,12,14H,1-3,6-7,9,15H2/t12?,14-/m0/s1. The number of ether oxygens (including phenoxy) is 2. The van der Waals surface area contributed by atoms with Crippen LogP contribution in [0.3, 0.4) is 0 Å². The molecule has 17 heavy (non-hydrogen) atoms. The summed E-state index contributed by atoms with van der Waals surface area (Å²) in [5.41, 5.74) is 8.66. The summed E-state index contributed by atoms with van der Waals surface area (Å²) in [6.07, 6.45) is 4.55. The van der Waals surface area contributed by atoms with E-state index in [1.54, 1.807) is 0 Å². The molecule has 1 aliphatic heterocycles. The van der Waals surface area contributed by atoms with Crippen molar-refractivity contribution in [3.63, 3.8) is 0 Å². The van der Waals surface area contributed by atoms with Crippen LogP contribution in [-0.2, 0) is 11.2 Å². The average molecular weight is 233 g/mol. The minimum atomic E-state index is 0.219. The Balaban J connectivity index is 1.71. The number of benzene rings is 1. The molecule has 3 heteroatoms. The molecule has 1 aliphatic carbocycles. The van der Waals surface area contributed by atoms with Gasteiger partial charge in [0, 0.05) is 12.6 Å². The molecule has 3 rings (SSSR count). The largest absolute Gasteiger partial charge is 0.488 e. The number of hydrogen-bond donors (Lipinski definition) is 1. The summed E-state index contributed by atoms with van der Waals surface area (Å²) >= 11 is 0. The van der Waals surface area contributed by atoms with Crippen LogP contribution in [-0.4, -0.2) is 19.3 Å². The second-order valence-corrected chi connectivity index (χ2v) is 4.96. The van der Waals surface area contributed by atoms with Gasteiger partial charge in [0.2, 0.25) is 0 Å². The van der Waals surface area contributed by atoms with Crippen LogP contribution in [0.2, 0.25) is 0 Å². The van der Waals surface area contributed by atoms with E-state index in [-0.39, 0.29) is 12.1 Å². The highest BCUT2D eigenvalue weighted by atomic mass is 16.5. The van der Waals surface area contributed by atoms with E-state index in [1.807, 2.05) is 6.07 Å². The highest BCUT2D eigenvalue weighted by Crippen LogP contribution is 2.32. The van der Waals surface area contributed by atoms with Gasteiger partial charge in [-0.1, -0.05) is 6.07 Å². The van der Waals surface area contributed by atoms with E-state index in [9.17, 15) is 0 Å². The van der Waals surface area contributed by atoms with E-state index in [1.165, 1.54) is 11.1 Å². The van der Waals surface area contributed by atoms with Crippen molar-refractivity contribution in [1.29, 1.82) is 0 Å². The summed E-state index contributed by atoms with van der Waals surface area (Å²) in [7, 11) is 0. The van der Waals surface area contributed by atoms with Gasteiger partial charge in [-0.15, -0.1) is 0 Å². The van der Waals surface area contributed by atoms with Gasteiger partial charge in [-0.25, -0.2) is 0 Å². The summed E-state index contributed by atoms with van der Waals surface area (Å²) in [4.78, 5) is 0. The minimum absolute atomic E-state index is 0.219. The van der Waals surface area contributed by atoms with E-state index < -0.39 is 0 Å². The van der Waals surface area contributed by atoms with Crippen molar-refractivity contribution in [3.05, 3.63) is 29.3 Å². The second kappa shape index (κ2) is 4.67. The first kappa shape index (κ1) is 11.1. The van der Waals surface area contributed by atoms with E-state index in [0.717, 1.165) is 44.6 Å². The maximum atomic E-state index is 6.02. The maximum Gasteiger partial charge on any atom is 0.122 e. The zero-order valence-corrected chi connectivity index (χ0v) is 10.0. The Hall–Kier alpha value is -1.06. The fourth-order valence-corrected chi connectivity index (χ4v) is 2.70. The van der Waals surface area contributed by atoms with Crippen molar-refractivity contribution in [2.75, 3.05) is 13.2 Å². The smallest absolute Gasteiger partial charge is 0.122 e. The third kappa shape index (κ3) is 2.31. The molecule has 1 saturated heterocycles. The van der Waals surface area contributed by atoms with Gasteiger partial charge < -0.3 is 15.2 Å². The molecule has 0 spiro atoms. The van der Waals surface area contributed by atoms with Gasteiger partial charge in [-0.05, 0) is 48.9 Å². The van der Waals surface area contributed by atoms with Crippen molar-refractivity contribution in [1.82, 2.24) is 0 Å². The Morgan fingerprint density at radius 1 is 1.29 bits per heavy atom. The second-order valence-electron chi connectivity index (χ2n) is 4.96. The van der Waals surface area contributed by atoms with Gasteiger partial charge in [0.25, 0.3) is 0 Å². The topological polar surface area (TPSA) is 44.5 Å². The van der Waals surface area contributed by atoms with Crippen LogP contribution in [0.4, 0.5) is 0 Å². The fourth-order valence-electron chi connectivity index (χ4n) is 2.70. The lowest BCUT2D eigenvalue weighted by Crippen LogP contribution is -2.28. The SMILES string of the molecule is N[C@H]1CCc2cc(OC3CCCOC3)ccc21. The molecule has 0 aromatic heterocycles. The molecule has 92 valence electrons. The van der Waals surface area contributed by atoms with Gasteiger partial charge in [-0.3, -0.25) is 0 Å². The summed E-state index contributed by atoms with van der Waals surface area (Å²) in [5, 5.41) is 0. The lowest BCUT2D eigenvalue weighted by molar-refractivity contribution is 0.00740. The zero-order valence-electron chi connectivity index (χ0n) is 10.0. The monoisotopic (exact) mass is 233 g/mol. The molecule has 1 fully saturated rings. The Morgan fingerprint density at radius 2 is 2.24 bits per heavy atom. The summed E-state index contributed by atoms with van der Waals surface area (Å²) < 4.78 is 11.4. The molecule has 0 radical (unpaired) electrons. The molecule has 1 aromatic rings. The van der Waals surface area contributed by atoms with Crippen LogP contribution in [0.25, 0.3) is 0 Å². The van der Waals surface area contributed by atoms with Gasteiger partial charge in [0.1, 0.15) is 11.9 Å². The Labute approximate surface area is 102 Å². The number of nitrogens with two attached hydrogens (primary N) is 1. The lowest BCUT2D eigenvalue weighted by atomic mass is 10.1. The molecule has 2 atom stereocenters. The van der Waals surface area contributed by atoms with E-state index in [4.69, 9.17) is 15.2 Å². The minimum Gasteiger partial charge on any atom is -0.488 e. The highest BCUT2D eigenvalue weighted by Gasteiger charge is 2.20. The molecule has 1 aromatic carbocycles. The molecule has 2 aliphatic rings. The molecule has 1 heterocycles. The number of aryl methyl sites for hydroxylation is 1. The molecular formula is C14H19NO2. The van der Waals surface area contributed by atoms with Crippen LogP contribution in [0, 0.1) is 0 Å². The van der Waals surface area contributed by atoms with Crippen molar-refractivity contribution < 1.29 is 9.47 Å². The molecule has 0 saturated carbocycles. The fraction of sp³-hybridized carbons (Fsp3) is 0.571. The van der Waals surface area contributed by atoms with E-state index in [2.05, 4.69) is 12.1 Å². The first-order valence-electron chi connectivity index (χ1n) is 6.46. The average Bonchev–Trinajstić information content (AvgIpc) is 2.72. The van der Waals surface area contributed by atoms with Crippen LogP contribution in [0.1, 0.15) is 36.4 Å². The first-order chi connectivity index (χ1) is 8.33. The quantitative estimate of drug-likeness (QED) is 0.851. The predicted octanol–water partition coefficient (Wildman–Crippen LogP) is 2.19. The van der Waals surface area contributed by atoms with Crippen LogP contribution in [0.5, 0.6) is 5.75 Å². The Kier molecular flexibility index (Phi) is 3.04. The van der Waals surface area contributed by atoms with Gasteiger partial charge >= 0.3 is 0 Å². The number of rotatable bonds is 2. The molecule has 3 nitrogen and oxygen atoms in total. The normalized spacial score (nSPS) is 27.8. The zero-order chi connectivity index (χ0) is 11.7. The van der Waals surface area contributed by atoms with Gasteiger partial charge in [0.15, 0.2) is 0 Å². The Morgan fingerprint density at radius 3 is 3.06 bits per heavy atom. The number of hydrogen-bond acceptors (Lipinski definition) is 3. The van der Waals surface area contributed by atoms with Crippen LogP contribution >= 0.6 is 0 Å². The summed E-state index contributed by atoms with van der Waals surface area (Å²) in [6, 6.07) is 6.53. The Bertz CT molecular complexity index is 399. The molecule has 1 unspecified atom stereocenters. The van der Waals surface area contributed by atoms with Crippen LogP contribution in [0.15, 0.2) is 18.2 Å². The van der Waals surface area contributed by atoms with E-state index in [0.29, 0.717) is 0 Å². The van der Waals surface area contributed by atoms with Gasteiger partial charge in [0.05, 0.1) is 6.61 Å². The van der Waals surface area contributed by atoms with Crippen molar-refractivity contribution in [2.24, 2.45) is 5.73 Å². The predicted molar refractivity (Wildman–Crippen MR) is 66.2 cm³/mol. The first-order valence-corrected chi connectivity index (χ1v) is 6.46. The maximum absolute atomic E-state index is 6.02. The van der Waals surface area contributed by atoms with Gasteiger partial charge in [-0.2, -0.15) is 0 Å². The summed E-state index contributed by atoms with van der Waals surface area (Å²) in [6.45, 7) is 1.59. The van der Waals surface area contributed by atoms with Crippen LogP contribution < -0.4 is 10.5 Å². The lowest BCUT2D eigenvalue weighted by Gasteiger charge is -2.23. The summed E-state index contributed by atoms with van der Waals surface area (Å²) in [5.74, 6) is 0.966. The van der Waals surface area contributed by atoms with Crippen molar-refractivity contribution in [2.45, 2.75) is 37.8 Å². The third-order valence-corrected chi connectivity index (χ3v) is 3.66. The molecule has 0 bridgehead atoms. The van der Waals surface area contributed by atoms with Crippen molar-refractivity contribution in [3.8, 4) is 5.75 Å². The molecule has 0 amide bonds.